The second-order valence-corrected chi connectivity index (χ2v) is 7.23. The summed E-state index contributed by atoms with van der Waals surface area (Å²) in [4.78, 5) is 13.1. The molecule has 7 N–H and O–H groups in total. The number of aromatic hydroxyl groups is 3. The number of hydrogen-bond acceptors (Lipinski definition) is 11. The average Bonchev–Trinajstić information content (AvgIpc) is 2.73. The lowest BCUT2D eigenvalue weighted by atomic mass is 9.89. The van der Waals surface area contributed by atoms with Gasteiger partial charge in [0.05, 0.1) is 24.7 Å². The molecule has 1 saturated heterocycles. The van der Waals surface area contributed by atoms with E-state index in [4.69, 9.17) is 13.9 Å². The molecule has 0 spiro atoms. The molecule has 4 rings (SSSR count). The van der Waals surface area contributed by atoms with Gasteiger partial charge >= 0.3 is 0 Å². The number of phenolic OH excluding ortho intramolecular Hbond substituents is 3. The molecule has 11 heteroatoms. The first kappa shape index (κ1) is 21.2. The Morgan fingerprint density at radius 2 is 1.65 bits per heavy atom. The monoisotopic (exact) mass is 436 g/mol. The predicted molar refractivity (Wildman–Crippen MR) is 104 cm³/mol. The second kappa shape index (κ2) is 7.55. The first-order valence-electron chi connectivity index (χ1n) is 9.22. The molecule has 0 unspecified atom stereocenters. The largest absolute Gasteiger partial charge is 0.507 e. The van der Waals surface area contributed by atoms with Crippen molar-refractivity contribution in [3.63, 3.8) is 0 Å². The van der Waals surface area contributed by atoms with Crippen molar-refractivity contribution < 1.29 is 49.6 Å². The van der Waals surface area contributed by atoms with E-state index in [9.17, 15) is 40.5 Å². The van der Waals surface area contributed by atoms with Gasteiger partial charge < -0.3 is 49.6 Å². The Morgan fingerprint density at radius 1 is 0.968 bits per heavy atom. The zero-order chi connectivity index (χ0) is 22.6. The lowest BCUT2D eigenvalue weighted by Gasteiger charge is -2.40. The van der Waals surface area contributed by atoms with E-state index in [-0.39, 0.29) is 33.4 Å². The van der Waals surface area contributed by atoms with Crippen molar-refractivity contribution in [2.75, 3.05) is 13.7 Å². The number of benzene rings is 2. The third-order valence-electron chi connectivity index (χ3n) is 5.43. The van der Waals surface area contributed by atoms with Gasteiger partial charge in [-0.15, -0.1) is 0 Å². The van der Waals surface area contributed by atoms with Gasteiger partial charge in [0.1, 0.15) is 58.6 Å². The molecule has 1 fully saturated rings. The van der Waals surface area contributed by atoms with E-state index in [1.165, 1.54) is 13.2 Å². The fourth-order valence-corrected chi connectivity index (χ4v) is 3.80. The number of rotatable bonds is 3. The Labute approximate surface area is 173 Å². The zero-order valence-corrected chi connectivity index (χ0v) is 16.1. The lowest BCUT2D eigenvalue weighted by molar-refractivity contribution is -0.232. The van der Waals surface area contributed by atoms with Gasteiger partial charge in [0.2, 0.25) is 5.43 Å². The van der Waals surface area contributed by atoms with Gasteiger partial charge in [-0.1, -0.05) is 0 Å². The van der Waals surface area contributed by atoms with Crippen LogP contribution in [0.1, 0.15) is 11.7 Å². The fraction of sp³-hybridized carbons (Fsp3) is 0.350. The van der Waals surface area contributed by atoms with Crippen LogP contribution in [0.25, 0.3) is 21.9 Å². The molecule has 2 aromatic carbocycles. The Balaban J connectivity index is 1.97. The van der Waals surface area contributed by atoms with Crippen LogP contribution in [0.2, 0.25) is 0 Å². The summed E-state index contributed by atoms with van der Waals surface area (Å²) in [5, 5.41) is 70.6. The van der Waals surface area contributed by atoms with E-state index in [2.05, 4.69) is 0 Å². The van der Waals surface area contributed by atoms with E-state index in [0.717, 1.165) is 12.1 Å². The minimum absolute atomic E-state index is 0.00780. The Hall–Kier alpha value is -3.09. The molecule has 11 nitrogen and oxygen atoms in total. The molecule has 2 heterocycles. The molecule has 1 aliphatic rings. The minimum Gasteiger partial charge on any atom is -0.507 e. The van der Waals surface area contributed by atoms with Crippen LogP contribution >= 0.6 is 0 Å². The van der Waals surface area contributed by atoms with Crippen LogP contribution in [0.15, 0.2) is 27.4 Å². The van der Waals surface area contributed by atoms with Crippen LogP contribution in [0.5, 0.6) is 23.0 Å². The lowest BCUT2D eigenvalue weighted by Crippen LogP contribution is -2.55. The maximum atomic E-state index is 13.1. The van der Waals surface area contributed by atoms with E-state index in [0.29, 0.717) is 0 Å². The number of aliphatic hydroxyl groups excluding tert-OH is 4. The SMILES string of the molecule is COc1cc2c(=O)c3c(O)c([C@@H]4O[C@H](CO)[C@@H](O)[C@H](O)[C@H]4O)c(O)cc3oc2cc1O. The molecule has 1 aliphatic heterocycles. The Kier molecular flexibility index (Phi) is 5.15. The van der Waals surface area contributed by atoms with Gasteiger partial charge in [0.15, 0.2) is 11.5 Å². The number of hydrogen-bond donors (Lipinski definition) is 7. The number of aliphatic hydroxyl groups is 4. The Morgan fingerprint density at radius 3 is 2.29 bits per heavy atom. The molecule has 1 aromatic heterocycles. The highest BCUT2D eigenvalue weighted by atomic mass is 16.5. The van der Waals surface area contributed by atoms with Gasteiger partial charge in [0.25, 0.3) is 0 Å². The smallest absolute Gasteiger partial charge is 0.204 e. The summed E-state index contributed by atoms with van der Waals surface area (Å²) in [7, 11) is 1.29. The molecule has 3 aromatic rings. The summed E-state index contributed by atoms with van der Waals surface area (Å²) < 4.78 is 15.9. The van der Waals surface area contributed by atoms with Gasteiger partial charge in [-0.3, -0.25) is 4.79 Å². The molecular weight excluding hydrogens is 416 g/mol. The molecule has 0 radical (unpaired) electrons. The molecule has 166 valence electrons. The zero-order valence-electron chi connectivity index (χ0n) is 16.1. The van der Waals surface area contributed by atoms with E-state index in [1.54, 1.807) is 0 Å². The molecule has 0 aliphatic carbocycles. The number of phenols is 3. The molecule has 0 bridgehead atoms. The summed E-state index contributed by atoms with van der Waals surface area (Å²) in [5.74, 6) is -1.70. The summed E-state index contributed by atoms with van der Waals surface area (Å²) >= 11 is 0. The predicted octanol–water partition coefficient (Wildman–Crippen LogP) is -0.414. The van der Waals surface area contributed by atoms with Crippen molar-refractivity contribution >= 4 is 21.9 Å². The molecule has 31 heavy (non-hydrogen) atoms. The maximum absolute atomic E-state index is 13.1. The van der Waals surface area contributed by atoms with Crippen LogP contribution < -0.4 is 10.2 Å². The van der Waals surface area contributed by atoms with Crippen LogP contribution in [0.3, 0.4) is 0 Å². The quantitative estimate of drug-likeness (QED) is 0.264. The topological polar surface area (TPSA) is 190 Å². The second-order valence-electron chi connectivity index (χ2n) is 7.23. The van der Waals surface area contributed by atoms with Gasteiger partial charge in [-0.25, -0.2) is 0 Å². The minimum atomic E-state index is -1.79. The third kappa shape index (κ3) is 3.14. The highest BCUT2D eigenvalue weighted by Gasteiger charge is 2.46. The molecule has 5 atom stereocenters. The van der Waals surface area contributed by atoms with Crippen molar-refractivity contribution in [3.05, 3.63) is 34.0 Å². The average molecular weight is 436 g/mol. The highest BCUT2D eigenvalue weighted by molar-refractivity contribution is 5.96. The van der Waals surface area contributed by atoms with Crippen molar-refractivity contribution in [2.24, 2.45) is 0 Å². The van der Waals surface area contributed by atoms with Crippen LogP contribution in [-0.4, -0.2) is 73.9 Å². The number of ether oxygens (including phenoxy) is 2. The molecule has 0 saturated carbocycles. The molecule has 0 amide bonds. The normalized spacial score (nSPS) is 26.4. The van der Waals surface area contributed by atoms with E-state index in [1.807, 2.05) is 0 Å². The summed E-state index contributed by atoms with van der Waals surface area (Å²) in [6.45, 7) is -0.716. The fourth-order valence-electron chi connectivity index (χ4n) is 3.80. The van der Waals surface area contributed by atoms with Gasteiger partial charge in [-0.05, 0) is 6.07 Å². The Bertz CT molecular complexity index is 1220. The standard InChI is InChI=1S/C20H20O11/c1-29-10-2-6-9(3-7(10)22)30-11-4-8(23)13(17(26)14(11)15(6)24)20-19(28)18(27)16(25)12(5-21)31-20/h2-4,12,16,18-23,25-28H,5H2,1H3/t12-,16-,18+,19-,20+/m1/s1. The van der Waals surface area contributed by atoms with Crippen LogP contribution in [0.4, 0.5) is 0 Å². The van der Waals surface area contributed by atoms with Crippen molar-refractivity contribution in [1.82, 2.24) is 0 Å². The first-order valence-corrected chi connectivity index (χ1v) is 9.22. The van der Waals surface area contributed by atoms with Gasteiger partial charge in [0, 0.05) is 12.1 Å². The maximum Gasteiger partial charge on any atom is 0.204 e. The third-order valence-corrected chi connectivity index (χ3v) is 5.43. The van der Waals surface area contributed by atoms with Crippen molar-refractivity contribution in [3.8, 4) is 23.0 Å². The van der Waals surface area contributed by atoms with E-state index < -0.39 is 59.6 Å². The first-order chi connectivity index (χ1) is 14.7. The highest BCUT2D eigenvalue weighted by Crippen LogP contribution is 2.45. The van der Waals surface area contributed by atoms with Crippen molar-refractivity contribution in [2.45, 2.75) is 30.5 Å². The molecular formula is C20H20O11. The van der Waals surface area contributed by atoms with Gasteiger partial charge in [-0.2, -0.15) is 0 Å². The van der Waals surface area contributed by atoms with E-state index >= 15 is 0 Å². The number of fused-ring (bicyclic) bond motifs is 2. The number of methoxy groups -OCH3 is 1. The van der Waals surface area contributed by atoms with Crippen molar-refractivity contribution in [1.29, 1.82) is 0 Å². The van der Waals surface area contributed by atoms with Crippen LogP contribution in [0, 0.1) is 0 Å². The summed E-state index contributed by atoms with van der Waals surface area (Å²) in [6.07, 6.45) is -8.07. The summed E-state index contributed by atoms with van der Waals surface area (Å²) in [5.41, 5.74) is -1.40. The van der Waals surface area contributed by atoms with Crippen LogP contribution in [-0.2, 0) is 4.74 Å². The summed E-state index contributed by atoms with van der Waals surface area (Å²) in [6, 6.07) is 3.37.